The third-order valence-electron chi connectivity index (χ3n) is 5.68. The van der Waals surface area contributed by atoms with Crippen molar-refractivity contribution in [3.05, 3.63) is 69.2 Å². The fourth-order valence-corrected chi connectivity index (χ4v) is 4.17. The van der Waals surface area contributed by atoms with E-state index in [4.69, 9.17) is 26.4 Å². The Morgan fingerprint density at radius 2 is 2.00 bits per heavy atom. The number of hydrogen-bond donors (Lipinski definition) is 1. The van der Waals surface area contributed by atoms with Crippen LogP contribution in [-0.4, -0.2) is 33.1 Å². The lowest BCUT2D eigenvalue weighted by molar-refractivity contribution is -0.144. The number of halogens is 1. The topological polar surface area (TPSA) is 93.8 Å². The number of fused-ring (bicyclic) bond motifs is 1. The summed E-state index contributed by atoms with van der Waals surface area (Å²) >= 11 is 6.26. The Morgan fingerprint density at radius 1 is 1.25 bits per heavy atom. The maximum Gasteiger partial charge on any atom is 0.344 e. The zero-order valence-electron chi connectivity index (χ0n) is 17.7. The second-order valence-electron chi connectivity index (χ2n) is 7.97. The van der Waals surface area contributed by atoms with Crippen molar-refractivity contribution in [3.63, 3.8) is 0 Å². The fourth-order valence-electron chi connectivity index (χ4n) is 3.94. The molecular formula is C24H24ClN3O4. The number of aromatic nitrogens is 2. The Bertz CT molecular complexity index is 1230. The summed E-state index contributed by atoms with van der Waals surface area (Å²) in [6, 6.07) is 12.2. The Labute approximate surface area is 190 Å². The lowest BCUT2D eigenvalue weighted by atomic mass is 9.88. The summed E-state index contributed by atoms with van der Waals surface area (Å²) < 4.78 is 6.75. The van der Waals surface area contributed by atoms with E-state index in [2.05, 4.69) is 5.10 Å². The van der Waals surface area contributed by atoms with Gasteiger partial charge in [-0.1, -0.05) is 43.0 Å². The van der Waals surface area contributed by atoms with Gasteiger partial charge in [-0.05, 0) is 55.7 Å². The second kappa shape index (κ2) is 9.53. The van der Waals surface area contributed by atoms with Crippen molar-refractivity contribution in [2.75, 3.05) is 0 Å². The van der Waals surface area contributed by atoms with Crippen molar-refractivity contribution in [2.45, 2.75) is 51.0 Å². The molecule has 4 rings (SSSR count). The molecule has 8 heteroatoms. The molecule has 1 heterocycles. The first-order valence-corrected chi connectivity index (χ1v) is 11.1. The summed E-state index contributed by atoms with van der Waals surface area (Å²) in [5, 5.41) is 14.3. The molecule has 0 bridgehead atoms. The first kappa shape index (κ1) is 22.0. The Morgan fingerprint density at radius 3 is 2.72 bits per heavy atom. The molecule has 0 spiro atoms. The minimum Gasteiger partial charge on any atom is -0.479 e. The summed E-state index contributed by atoms with van der Waals surface area (Å²) in [5.41, 5.74) is 1.13. The van der Waals surface area contributed by atoms with Gasteiger partial charge in [0, 0.05) is 5.92 Å². The number of carboxylic acids is 1. The molecule has 2 aromatic carbocycles. The molecule has 1 aliphatic rings. The van der Waals surface area contributed by atoms with Crippen LogP contribution in [0.4, 0.5) is 0 Å². The van der Waals surface area contributed by atoms with Gasteiger partial charge in [0.25, 0.3) is 5.56 Å². The van der Waals surface area contributed by atoms with Gasteiger partial charge in [-0.2, -0.15) is 9.78 Å². The lowest BCUT2D eigenvalue weighted by Crippen LogP contribution is -2.25. The molecular weight excluding hydrogens is 430 g/mol. The van der Waals surface area contributed by atoms with Gasteiger partial charge in [-0.3, -0.25) is 4.79 Å². The van der Waals surface area contributed by atoms with Gasteiger partial charge in [0.1, 0.15) is 11.6 Å². The summed E-state index contributed by atoms with van der Waals surface area (Å²) in [7, 11) is 0. The molecule has 0 amide bonds. The summed E-state index contributed by atoms with van der Waals surface area (Å²) in [5.74, 6) is 0.0670. The van der Waals surface area contributed by atoms with Crippen molar-refractivity contribution in [3.8, 4) is 5.75 Å². The number of carboxylic acid groups (broad SMARTS) is 1. The Kier molecular flexibility index (Phi) is 6.55. The largest absolute Gasteiger partial charge is 0.479 e. The van der Waals surface area contributed by atoms with Gasteiger partial charge in [-0.15, -0.1) is 0 Å². The molecule has 1 saturated carbocycles. The predicted molar refractivity (Wildman–Crippen MR) is 124 cm³/mol. The minimum absolute atomic E-state index is 0.190. The molecule has 0 radical (unpaired) electrons. The van der Waals surface area contributed by atoms with Gasteiger partial charge in [0.05, 0.1) is 22.1 Å². The van der Waals surface area contributed by atoms with Crippen LogP contribution in [0.5, 0.6) is 5.75 Å². The van der Waals surface area contributed by atoms with Gasteiger partial charge in [0.15, 0.2) is 6.10 Å². The zero-order chi connectivity index (χ0) is 22.7. The number of ether oxygens (including phenoxy) is 1. The van der Waals surface area contributed by atoms with Crippen molar-refractivity contribution in [2.24, 2.45) is 5.10 Å². The molecule has 1 N–H and O–H groups in total. The van der Waals surface area contributed by atoms with Crippen LogP contribution in [0.1, 0.15) is 56.3 Å². The van der Waals surface area contributed by atoms with Crippen LogP contribution in [0.3, 0.4) is 0 Å². The number of carbonyl (C=O) groups is 1. The van der Waals surface area contributed by atoms with Crippen LogP contribution < -0.4 is 10.3 Å². The smallest absolute Gasteiger partial charge is 0.344 e. The maximum absolute atomic E-state index is 13.2. The lowest BCUT2D eigenvalue weighted by Gasteiger charge is -2.22. The highest BCUT2D eigenvalue weighted by molar-refractivity contribution is 6.32. The molecule has 32 heavy (non-hydrogen) atoms. The predicted octanol–water partition coefficient (Wildman–Crippen LogP) is 4.83. The van der Waals surface area contributed by atoms with E-state index in [9.17, 15) is 9.59 Å². The molecule has 1 atom stereocenters. The first-order chi connectivity index (χ1) is 15.4. The number of hydrogen-bond acceptors (Lipinski definition) is 5. The fraction of sp³-hybridized carbons (Fsp3) is 0.333. The van der Waals surface area contributed by atoms with Gasteiger partial charge >= 0.3 is 5.97 Å². The normalized spacial score (nSPS) is 15.8. The van der Waals surface area contributed by atoms with E-state index in [0.717, 1.165) is 25.7 Å². The SMILES string of the molecule is C[C@H](Oc1ccc(C=Nn2c(C3CCCCC3)nc3ccccc3c2=O)cc1Cl)C(=O)O. The minimum atomic E-state index is -1.08. The van der Waals surface area contributed by atoms with E-state index in [0.29, 0.717) is 22.3 Å². The van der Waals surface area contributed by atoms with E-state index in [1.165, 1.54) is 18.0 Å². The molecule has 0 unspecified atom stereocenters. The highest BCUT2D eigenvalue weighted by Crippen LogP contribution is 2.32. The second-order valence-corrected chi connectivity index (χ2v) is 8.38. The molecule has 1 aliphatic carbocycles. The van der Waals surface area contributed by atoms with Crippen LogP contribution >= 0.6 is 11.6 Å². The standard InChI is InChI=1S/C24H24ClN3O4/c1-15(24(30)31)32-21-12-11-16(13-19(21)25)14-26-28-22(17-7-3-2-4-8-17)27-20-10-6-5-9-18(20)23(28)29/h5-6,9-15,17H,2-4,7-8H2,1H3,(H,30,31)/t15-/m0/s1. The number of para-hydroxylation sites is 1. The summed E-state index contributed by atoms with van der Waals surface area (Å²) in [6.45, 7) is 1.43. The van der Waals surface area contributed by atoms with E-state index in [-0.39, 0.29) is 22.2 Å². The van der Waals surface area contributed by atoms with Crippen LogP contribution in [0.2, 0.25) is 5.02 Å². The Hall–Kier alpha value is -3.19. The quantitative estimate of drug-likeness (QED) is 0.539. The summed E-state index contributed by atoms with van der Waals surface area (Å²) in [4.78, 5) is 29.0. The molecule has 1 aromatic heterocycles. The highest BCUT2D eigenvalue weighted by atomic mass is 35.5. The third-order valence-corrected chi connectivity index (χ3v) is 5.97. The number of aliphatic carboxylic acids is 1. The van der Waals surface area contributed by atoms with Crippen molar-refractivity contribution >= 4 is 34.7 Å². The molecule has 0 aliphatic heterocycles. The molecule has 1 fully saturated rings. The van der Waals surface area contributed by atoms with Gasteiger partial charge in [0.2, 0.25) is 0 Å². The van der Waals surface area contributed by atoms with Crippen LogP contribution in [-0.2, 0) is 4.79 Å². The number of rotatable bonds is 6. The average molecular weight is 454 g/mol. The van der Waals surface area contributed by atoms with Crippen LogP contribution in [0, 0.1) is 0 Å². The first-order valence-electron chi connectivity index (χ1n) is 10.7. The Balaban J connectivity index is 1.70. The van der Waals surface area contributed by atoms with E-state index >= 15 is 0 Å². The number of nitrogens with zero attached hydrogens (tertiary/aromatic N) is 3. The summed E-state index contributed by atoms with van der Waals surface area (Å²) in [6.07, 6.45) is 5.93. The van der Waals surface area contributed by atoms with Crippen molar-refractivity contribution in [1.29, 1.82) is 0 Å². The average Bonchev–Trinajstić information content (AvgIpc) is 2.80. The van der Waals surface area contributed by atoms with E-state index in [1.54, 1.807) is 30.5 Å². The van der Waals surface area contributed by atoms with Gasteiger partial charge in [-0.25, -0.2) is 9.78 Å². The van der Waals surface area contributed by atoms with Crippen LogP contribution in [0.15, 0.2) is 52.4 Å². The molecule has 7 nitrogen and oxygen atoms in total. The molecule has 166 valence electrons. The highest BCUT2D eigenvalue weighted by Gasteiger charge is 2.22. The van der Waals surface area contributed by atoms with E-state index < -0.39 is 12.1 Å². The maximum atomic E-state index is 13.2. The number of benzene rings is 2. The third kappa shape index (κ3) is 4.67. The van der Waals surface area contributed by atoms with Crippen LogP contribution in [0.25, 0.3) is 10.9 Å². The van der Waals surface area contributed by atoms with E-state index in [1.807, 2.05) is 18.2 Å². The van der Waals surface area contributed by atoms with Crippen molar-refractivity contribution < 1.29 is 14.6 Å². The monoisotopic (exact) mass is 453 g/mol. The zero-order valence-corrected chi connectivity index (χ0v) is 18.5. The van der Waals surface area contributed by atoms with Crippen molar-refractivity contribution in [1.82, 2.24) is 9.66 Å². The van der Waals surface area contributed by atoms with Gasteiger partial charge < -0.3 is 9.84 Å². The molecule has 0 saturated heterocycles. The molecule has 3 aromatic rings.